The monoisotopic (exact) mass is 536 g/mol. The summed E-state index contributed by atoms with van der Waals surface area (Å²) in [5.74, 6) is -0.524. The Hall–Kier alpha value is -2.20. The normalized spacial score (nSPS) is 18.6. The maximum absolute atomic E-state index is 13.6. The van der Waals surface area contributed by atoms with Gasteiger partial charge in [-0.05, 0) is 54.9 Å². The topological polar surface area (TPSA) is 79.7 Å². The second-order valence-corrected chi connectivity index (χ2v) is 11.2. The molecule has 1 aliphatic heterocycles. The number of hydrogen-bond donors (Lipinski definition) is 1. The number of halogens is 2. The van der Waals surface area contributed by atoms with Crippen molar-refractivity contribution in [2.24, 2.45) is 11.8 Å². The summed E-state index contributed by atoms with van der Waals surface area (Å²) in [6.45, 7) is 1.88. The maximum atomic E-state index is 13.6. The lowest BCUT2D eigenvalue weighted by Crippen LogP contribution is -2.44. The SMILES string of the molecule is COc1ccc2ncc(Cl)c(C(=O)CC[C@H]3CCN(CCSc4sccc4F)C[C@H]3C(=O)O)c2c1. The molecular weight excluding hydrogens is 511 g/mol. The fourth-order valence-corrected chi connectivity index (χ4v) is 6.72. The van der Waals surface area contributed by atoms with E-state index in [0.29, 0.717) is 58.1 Å². The van der Waals surface area contributed by atoms with E-state index >= 15 is 0 Å². The summed E-state index contributed by atoms with van der Waals surface area (Å²) < 4.78 is 19.6. The Morgan fingerprint density at radius 1 is 1.37 bits per heavy atom. The van der Waals surface area contributed by atoms with Crippen molar-refractivity contribution in [1.29, 1.82) is 0 Å². The first-order valence-electron chi connectivity index (χ1n) is 11.3. The molecule has 6 nitrogen and oxygen atoms in total. The van der Waals surface area contributed by atoms with Crippen LogP contribution in [0, 0.1) is 17.7 Å². The average molecular weight is 537 g/mol. The number of Topliss-reactive ketones (excluding diaryl/α,β-unsaturated/α-hetero) is 1. The lowest BCUT2D eigenvalue weighted by atomic mass is 9.81. The van der Waals surface area contributed by atoms with Crippen molar-refractivity contribution in [3.63, 3.8) is 0 Å². The Balaban J connectivity index is 1.38. The van der Waals surface area contributed by atoms with Gasteiger partial charge < -0.3 is 14.7 Å². The van der Waals surface area contributed by atoms with Crippen LogP contribution in [0.2, 0.25) is 5.02 Å². The van der Waals surface area contributed by atoms with Gasteiger partial charge in [-0.3, -0.25) is 14.6 Å². The molecule has 1 saturated heterocycles. The van der Waals surface area contributed by atoms with Crippen molar-refractivity contribution in [2.45, 2.75) is 23.5 Å². The van der Waals surface area contributed by atoms with Gasteiger partial charge in [-0.25, -0.2) is 4.39 Å². The lowest BCUT2D eigenvalue weighted by molar-refractivity contribution is -0.146. The van der Waals surface area contributed by atoms with E-state index in [-0.39, 0.29) is 29.0 Å². The highest BCUT2D eigenvalue weighted by Gasteiger charge is 2.34. The molecule has 1 fully saturated rings. The zero-order valence-electron chi connectivity index (χ0n) is 19.2. The molecule has 35 heavy (non-hydrogen) atoms. The first-order valence-corrected chi connectivity index (χ1v) is 13.6. The van der Waals surface area contributed by atoms with Crippen LogP contribution in [-0.4, -0.2) is 59.2 Å². The number of methoxy groups -OCH3 is 1. The van der Waals surface area contributed by atoms with Gasteiger partial charge in [0.1, 0.15) is 11.6 Å². The zero-order valence-corrected chi connectivity index (χ0v) is 21.6. The minimum absolute atomic E-state index is 0.100. The number of carboxylic acid groups (broad SMARTS) is 1. The number of thiophene rings is 1. The van der Waals surface area contributed by atoms with Crippen LogP contribution in [0.15, 0.2) is 40.1 Å². The third kappa shape index (κ3) is 6.14. The molecule has 186 valence electrons. The number of ether oxygens (including phenoxy) is 1. The summed E-state index contributed by atoms with van der Waals surface area (Å²) in [6, 6.07) is 6.76. The Bertz CT molecular complexity index is 1220. The van der Waals surface area contributed by atoms with Gasteiger partial charge in [0.05, 0.1) is 27.8 Å². The quantitative estimate of drug-likeness (QED) is 0.256. The predicted octanol–water partition coefficient (Wildman–Crippen LogP) is 5.88. The molecule has 0 bridgehead atoms. The Labute approximate surface area is 216 Å². The molecule has 2 atom stereocenters. The Morgan fingerprint density at radius 3 is 2.91 bits per heavy atom. The van der Waals surface area contributed by atoms with Gasteiger partial charge in [-0.15, -0.1) is 23.1 Å². The molecule has 0 saturated carbocycles. The molecule has 4 rings (SSSR count). The number of rotatable bonds is 10. The van der Waals surface area contributed by atoms with Gasteiger partial charge >= 0.3 is 5.97 Å². The molecule has 2 aromatic heterocycles. The Morgan fingerprint density at radius 2 is 2.20 bits per heavy atom. The molecule has 0 radical (unpaired) electrons. The van der Waals surface area contributed by atoms with Crippen LogP contribution in [0.25, 0.3) is 10.9 Å². The predicted molar refractivity (Wildman–Crippen MR) is 138 cm³/mol. The highest BCUT2D eigenvalue weighted by molar-refractivity contribution is 8.01. The average Bonchev–Trinajstić information content (AvgIpc) is 3.26. The summed E-state index contributed by atoms with van der Waals surface area (Å²) >= 11 is 9.19. The number of carboxylic acids is 1. The van der Waals surface area contributed by atoms with Crippen molar-refractivity contribution in [2.75, 3.05) is 32.5 Å². The summed E-state index contributed by atoms with van der Waals surface area (Å²) in [4.78, 5) is 31.6. The number of carbonyl (C=O) groups excluding carboxylic acids is 1. The summed E-state index contributed by atoms with van der Waals surface area (Å²) in [7, 11) is 1.55. The van der Waals surface area contributed by atoms with Crippen LogP contribution in [-0.2, 0) is 4.79 Å². The number of piperidine rings is 1. The largest absolute Gasteiger partial charge is 0.497 e. The Kier molecular flexibility index (Phi) is 8.64. The lowest BCUT2D eigenvalue weighted by Gasteiger charge is -2.36. The van der Waals surface area contributed by atoms with Crippen molar-refractivity contribution in [3.8, 4) is 5.75 Å². The summed E-state index contributed by atoms with van der Waals surface area (Å²) in [5.41, 5.74) is 1.05. The molecule has 1 aliphatic rings. The second kappa shape index (κ2) is 11.7. The molecule has 1 N–H and O–H groups in total. The number of carbonyl (C=O) groups is 2. The van der Waals surface area contributed by atoms with Gasteiger partial charge in [0.25, 0.3) is 0 Å². The number of likely N-dealkylation sites (tertiary alicyclic amines) is 1. The van der Waals surface area contributed by atoms with Crippen LogP contribution in [0.1, 0.15) is 29.6 Å². The van der Waals surface area contributed by atoms with Crippen molar-refractivity contribution >= 4 is 57.4 Å². The molecular formula is C25H26ClFN2O4S2. The van der Waals surface area contributed by atoms with E-state index in [1.165, 1.54) is 35.4 Å². The van der Waals surface area contributed by atoms with Gasteiger partial charge in [0, 0.05) is 42.4 Å². The number of pyridine rings is 1. The molecule has 3 aromatic rings. The van der Waals surface area contributed by atoms with E-state index in [1.807, 2.05) is 0 Å². The van der Waals surface area contributed by atoms with E-state index in [1.54, 1.807) is 30.7 Å². The van der Waals surface area contributed by atoms with E-state index < -0.39 is 11.9 Å². The number of ketones is 1. The number of hydrogen-bond acceptors (Lipinski definition) is 7. The van der Waals surface area contributed by atoms with Gasteiger partial charge in [0.15, 0.2) is 5.78 Å². The number of nitrogens with zero attached hydrogens (tertiary/aromatic N) is 2. The van der Waals surface area contributed by atoms with Gasteiger partial charge in [0.2, 0.25) is 0 Å². The van der Waals surface area contributed by atoms with Crippen LogP contribution in [0.4, 0.5) is 4.39 Å². The fourth-order valence-electron chi connectivity index (χ4n) is 4.55. The van der Waals surface area contributed by atoms with Crippen LogP contribution in [0.5, 0.6) is 5.75 Å². The maximum Gasteiger partial charge on any atom is 0.308 e. The number of thioether (sulfide) groups is 1. The number of benzene rings is 1. The van der Waals surface area contributed by atoms with E-state index in [0.717, 1.165) is 6.54 Å². The minimum atomic E-state index is -0.846. The summed E-state index contributed by atoms with van der Waals surface area (Å²) in [6.07, 6.45) is 2.85. The van der Waals surface area contributed by atoms with Crippen molar-refractivity contribution in [3.05, 3.63) is 52.2 Å². The third-order valence-corrected chi connectivity index (χ3v) is 8.89. The molecule has 3 heterocycles. The van der Waals surface area contributed by atoms with Crippen LogP contribution < -0.4 is 4.74 Å². The van der Waals surface area contributed by atoms with Crippen LogP contribution in [0.3, 0.4) is 0 Å². The molecule has 0 spiro atoms. The van der Waals surface area contributed by atoms with Crippen molar-refractivity contribution < 1.29 is 23.8 Å². The number of aromatic nitrogens is 1. The molecule has 0 amide bonds. The van der Waals surface area contributed by atoms with E-state index in [2.05, 4.69) is 9.88 Å². The highest BCUT2D eigenvalue weighted by Crippen LogP contribution is 2.33. The molecule has 10 heteroatoms. The van der Waals surface area contributed by atoms with E-state index in [9.17, 15) is 19.1 Å². The third-order valence-electron chi connectivity index (χ3n) is 6.43. The number of aliphatic carboxylic acids is 1. The first kappa shape index (κ1) is 25.9. The molecule has 0 aliphatic carbocycles. The van der Waals surface area contributed by atoms with Gasteiger partial charge in [-0.1, -0.05) is 11.6 Å². The first-order chi connectivity index (χ1) is 16.9. The van der Waals surface area contributed by atoms with Gasteiger partial charge in [-0.2, -0.15) is 0 Å². The zero-order chi connectivity index (χ0) is 24.9. The molecule has 1 aromatic carbocycles. The smallest absolute Gasteiger partial charge is 0.308 e. The van der Waals surface area contributed by atoms with E-state index in [4.69, 9.17) is 16.3 Å². The second-order valence-electron chi connectivity index (χ2n) is 8.52. The van der Waals surface area contributed by atoms with Crippen LogP contribution >= 0.6 is 34.7 Å². The number of fused-ring (bicyclic) bond motifs is 1. The highest BCUT2D eigenvalue weighted by atomic mass is 35.5. The standard InChI is InChI=1S/C25H26ClFN2O4S2/c1-33-16-3-4-21-17(12-16)23(19(26)13-28-21)22(30)5-2-15-6-8-29(14-18(15)24(31)32)9-11-35-25-20(27)7-10-34-25/h3-4,7,10,12-13,15,18H,2,5-6,8-9,11,14H2,1H3,(H,31,32)/t15-,18+/m0/s1. The van der Waals surface area contributed by atoms with Crippen molar-refractivity contribution in [1.82, 2.24) is 9.88 Å². The fraction of sp³-hybridized carbons (Fsp3) is 0.400. The molecule has 0 unspecified atom stereocenters. The summed E-state index contributed by atoms with van der Waals surface area (Å²) in [5, 5.41) is 12.5. The minimum Gasteiger partial charge on any atom is -0.497 e.